The number of hydrogen-bond acceptors (Lipinski definition) is 3. The molecule has 0 saturated carbocycles. The number of aromatic nitrogens is 1. The van der Waals surface area contributed by atoms with Crippen molar-refractivity contribution in [2.45, 2.75) is 13.5 Å². The Bertz CT molecular complexity index is 522. The summed E-state index contributed by atoms with van der Waals surface area (Å²) in [4.78, 5) is 17.1. The molecule has 1 aromatic carbocycles. The van der Waals surface area contributed by atoms with Gasteiger partial charge in [-0.25, -0.2) is 4.98 Å². The molecule has 0 fully saturated rings. The smallest absolute Gasteiger partial charge is 0.251 e. The summed E-state index contributed by atoms with van der Waals surface area (Å²) < 4.78 is 1.12. The Morgan fingerprint density at radius 1 is 1.41 bits per heavy atom. The van der Waals surface area contributed by atoms with E-state index in [1.807, 2.05) is 31.2 Å². The highest BCUT2D eigenvalue weighted by Crippen LogP contribution is 2.12. The first-order chi connectivity index (χ1) is 8.16. The van der Waals surface area contributed by atoms with E-state index in [2.05, 4.69) is 32.9 Å². The lowest BCUT2D eigenvalue weighted by Crippen LogP contribution is -2.22. The second-order valence-electron chi connectivity index (χ2n) is 3.55. The molecule has 88 valence electrons. The van der Waals surface area contributed by atoms with Crippen molar-refractivity contribution < 1.29 is 4.79 Å². The molecule has 0 unspecified atom stereocenters. The zero-order valence-corrected chi connectivity index (χ0v) is 12.2. The molecule has 0 saturated heterocycles. The van der Waals surface area contributed by atoms with Crippen molar-refractivity contribution in [3.63, 3.8) is 0 Å². The van der Waals surface area contributed by atoms with E-state index in [9.17, 15) is 4.79 Å². The molecule has 2 rings (SSSR count). The summed E-state index contributed by atoms with van der Waals surface area (Å²) in [5.74, 6) is -0.0470. The monoisotopic (exact) mass is 358 g/mol. The van der Waals surface area contributed by atoms with Gasteiger partial charge in [0.1, 0.15) is 0 Å². The van der Waals surface area contributed by atoms with Crippen LogP contribution in [0.1, 0.15) is 20.9 Å². The van der Waals surface area contributed by atoms with Crippen molar-refractivity contribution in [2.75, 3.05) is 0 Å². The number of benzene rings is 1. The number of rotatable bonds is 3. The van der Waals surface area contributed by atoms with Crippen LogP contribution in [-0.4, -0.2) is 10.9 Å². The number of carbonyl (C=O) groups is 1. The van der Waals surface area contributed by atoms with E-state index < -0.39 is 0 Å². The van der Waals surface area contributed by atoms with Gasteiger partial charge in [-0.2, -0.15) is 0 Å². The highest BCUT2D eigenvalue weighted by Gasteiger charge is 2.06. The third kappa shape index (κ3) is 3.26. The zero-order chi connectivity index (χ0) is 12.3. The average molecular weight is 358 g/mol. The van der Waals surface area contributed by atoms with Crippen LogP contribution in [0.2, 0.25) is 0 Å². The summed E-state index contributed by atoms with van der Waals surface area (Å²) in [7, 11) is 0. The van der Waals surface area contributed by atoms with Crippen LogP contribution in [-0.2, 0) is 6.54 Å². The van der Waals surface area contributed by atoms with E-state index in [0.717, 1.165) is 14.1 Å². The lowest BCUT2D eigenvalue weighted by molar-refractivity contribution is 0.0951. The number of aryl methyl sites for hydroxylation is 1. The Morgan fingerprint density at radius 2 is 2.12 bits per heavy atom. The molecule has 3 nitrogen and oxygen atoms in total. The SMILES string of the molecule is Cc1ncsc1CNC(=O)c1ccc(I)cc1. The maximum Gasteiger partial charge on any atom is 0.251 e. The molecular weight excluding hydrogens is 347 g/mol. The molecule has 0 radical (unpaired) electrons. The number of amides is 1. The molecule has 1 heterocycles. The number of nitrogens with one attached hydrogen (secondary N) is 1. The number of carbonyl (C=O) groups excluding carboxylic acids is 1. The zero-order valence-electron chi connectivity index (χ0n) is 9.24. The summed E-state index contributed by atoms with van der Waals surface area (Å²) in [5, 5.41) is 2.89. The van der Waals surface area contributed by atoms with E-state index in [0.29, 0.717) is 12.1 Å². The van der Waals surface area contributed by atoms with Gasteiger partial charge in [0.25, 0.3) is 5.91 Å². The van der Waals surface area contributed by atoms with Crippen LogP contribution in [0.4, 0.5) is 0 Å². The number of thiazole rings is 1. The fourth-order valence-electron chi connectivity index (χ4n) is 1.36. The van der Waals surface area contributed by atoms with Gasteiger partial charge in [-0.05, 0) is 53.8 Å². The molecule has 1 amide bonds. The van der Waals surface area contributed by atoms with Crippen LogP contribution in [0.25, 0.3) is 0 Å². The summed E-state index contributed by atoms with van der Waals surface area (Å²) >= 11 is 3.78. The number of hydrogen-bond donors (Lipinski definition) is 1. The topological polar surface area (TPSA) is 42.0 Å². The summed E-state index contributed by atoms with van der Waals surface area (Å²) in [6, 6.07) is 7.51. The van der Waals surface area contributed by atoms with E-state index in [4.69, 9.17) is 0 Å². The van der Waals surface area contributed by atoms with Crippen molar-refractivity contribution in [3.05, 3.63) is 49.5 Å². The molecule has 0 aliphatic heterocycles. The van der Waals surface area contributed by atoms with Crippen molar-refractivity contribution in [1.82, 2.24) is 10.3 Å². The highest BCUT2D eigenvalue weighted by atomic mass is 127. The Kier molecular flexibility index (Phi) is 4.11. The van der Waals surface area contributed by atoms with Crippen LogP contribution in [0.5, 0.6) is 0 Å². The van der Waals surface area contributed by atoms with Crippen molar-refractivity contribution in [3.8, 4) is 0 Å². The van der Waals surface area contributed by atoms with E-state index in [-0.39, 0.29) is 5.91 Å². The van der Waals surface area contributed by atoms with Crippen molar-refractivity contribution in [1.29, 1.82) is 0 Å². The fourth-order valence-corrected chi connectivity index (χ4v) is 2.44. The first-order valence-corrected chi connectivity index (χ1v) is 7.05. The molecule has 0 aliphatic carbocycles. The number of halogens is 1. The van der Waals surface area contributed by atoms with Gasteiger partial charge in [-0.3, -0.25) is 4.79 Å². The van der Waals surface area contributed by atoms with Crippen LogP contribution in [0, 0.1) is 10.5 Å². The van der Waals surface area contributed by atoms with Gasteiger partial charge in [0.15, 0.2) is 0 Å². The maximum atomic E-state index is 11.8. The Hall–Kier alpha value is -0.950. The fraction of sp³-hybridized carbons (Fsp3) is 0.167. The lowest BCUT2D eigenvalue weighted by Gasteiger charge is -2.04. The third-order valence-electron chi connectivity index (χ3n) is 2.36. The summed E-state index contributed by atoms with van der Waals surface area (Å²) in [5.41, 5.74) is 3.47. The van der Waals surface area contributed by atoms with Gasteiger partial charge in [0.05, 0.1) is 17.7 Å². The first kappa shape index (κ1) is 12.5. The average Bonchev–Trinajstić information content (AvgIpc) is 2.73. The molecule has 2 aromatic rings. The predicted molar refractivity (Wildman–Crippen MR) is 77.2 cm³/mol. The quantitative estimate of drug-likeness (QED) is 0.858. The molecule has 1 aromatic heterocycles. The Labute approximate surface area is 117 Å². The van der Waals surface area contributed by atoms with E-state index in [1.54, 1.807) is 16.8 Å². The van der Waals surface area contributed by atoms with Gasteiger partial charge >= 0.3 is 0 Å². The van der Waals surface area contributed by atoms with Gasteiger partial charge in [0, 0.05) is 14.0 Å². The minimum atomic E-state index is -0.0470. The van der Waals surface area contributed by atoms with Crippen molar-refractivity contribution >= 4 is 39.8 Å². The minimum absolute atomic E-state index is 0.0470. The predicted octanol–water partition coefficient (Wildman–Crippen LogP) is 2.99. The van der Waals surface area contributed by atoms with E-state index in [1.165, 1.54) is 0 Å². The lowest BCUT2D eigenvalue weighted by atomic mass is 10.2. The van der Waals surface area contributed by atoms with Crippen LogP contribution < -0.4 is 5.32 Å². The summed E-state index contributed by atoms with van der Waals surface area (Å²) in [6.07, 6.45) is 0. The van der Waals surface area contributed by atoms with Crippen LogP contribution in [0.3, 0.4) is 0 Å². The molecule has 0 atom stereocenters. The molecular formula is C12H11IN2OS. The molecule has 5 heteroatoms. The molecule has 0 spiro atoms. The second kappa shape index (κ2) is 5.59. The van der Waals surface area contributed by atoms with Gasteiger partial charge in [-0.1, -0.05) is 0 Å². The van der Waals surface area contributed by atoms with E-state index >= 15 is 0 Å². The van der Waals surface area contributed by atoms with Gasteiger partial charge in [0.2, 0.25) is 0 Å². The molecule has 0 aliphatic rings. The number of nitrogens with zero attached hydrogens (tertiary/aromatic N) is 1. The first-order valence-electron chi connectivity index (χ1n) is 5.09. The maximum absolute atomic E-state index is 11.8. The van der Waals surface area contributed by atoms with Crippen molar-refractivity contribution in [2.24, 2.45) is 0 Å². The standard InChI is InChI=1S/C12H11IN2OS/c1-8-11(17-7-15-8)6-14-12(16)9-2-4-10(13)5-3-9/h2-5,7H,6H2,1H3,(H,14,16). The molecule has 0 bridgehead atoms. The summed E-state index contributed by atoms with van der Waals surface area (Å²) in [6.45, 7) is 2.49. The largest absolute Gasteiger partial charge is 0.347 e. The highest BCUT2D eigenvalue weighted by molar-refractivity contribution is 14.1. The molecule has 17 heavy (non-hydrogen) atoms. The molecule has 1 N–H and O–H groups in total. The Morgan fingerprint density at radius 3 is 2.71 bits per heavy atom. The Balaban J connectivity index is 1.98. The second-order valence-corrected chi connectivity index (χ2v) is 5.74. The van der Waals surface area contributed by atoms with Gasteiger partial charge < -0.3 is 5.32 Å². The van der Waals surface area contributed by atoms with Crippen LogP contribution in [0.15, 0.2) is 29.8 Å². The van der Waals surface area contributed by atoms with Gasteiger partial charge in [-0.15, -0.1) is 11.3 Å². The minimum Gasteiger partial charge on any atom is -0.347 e. The van der Waals surface area contributed by atoms with Crippen LogP contribution >= 0.6 is 33.9 Å². The normalized spacial score (nSPS) is 10.2. The third-order valence-corrected chi connectivity index (χ3v) is 4.02.